The number of hydrogen-bond acceptors (Lipinski definition) is 2. The van der Waals surface area contributed by atoms with E-state index in [1.807, 2.05) is 42.5 Å². The van der Waals surface area contributed by atoms with Crippen LogP contribution in [-0.2, 0) is 0 Å². The largest absolute Gasteiger partial charge is 0.268 e. The summed E-state index contributed by atoms with van der Waals surface area (Å²) in [6.45, 7) is 0. The van der Waals surface area contributed by atoms with Crippen molar-refractivity contribution in [1.29, 1.82) is 0 Å². The molecule has 126 valence electrons. The van der Waals surface area contributed by atoms with Crippen molar-refractivity contribution in [2.24, 2.45) is 0 Å². The Kier molecular flexibility index (Phi) is 4.15. The Morgan fingerprint density at radius 1 is 0.808 bits per heavy atom. The summed E-state index contributed by atoms with van der Waals surface area (Å²) in [4.78, 5) is 17.7. The summed E-state index contributed by atoms with van der Waals surface area (Å²) in [5.74, 6) is 0.126. The number of para-hydroxylation sites is 2. The number of fused-ring (bicyclic) bond motifs is 1. The highest BCUT2D eigenvalue weighted by Gasteiger charge is 2.10. The van der Waals surface area contributed by atoms with Crippen LogP contribution >= 0.6 is 0 Å². The molecule has 0 aliphatic rings. The average molecular weight is 342 g/mol. The van der Waals surface area contributed by atoms with Crippen molar-refractivity contribution in [1.82, 2.24) is 9.55 Å². The normalized spacial score (nSPS) is 11.3. The van der Waals surface area contributed by atoms with Crippen LogP contribution in [0.2, 0.25) is 0 Å². The van der Waals surface area contributed by atoms with Gasteiger partial charge in [0.05, 0.1) is 16.6 Å². The van der Waals surface area contributed by atoms with Crippen molar-refractivity contribution >= 4 is 23.1 Å². The molecule has 4 rings (SSSR count). The number of benzene rings is 3. The molecule has 0 spiro atoms. The Hall–Kier alpha value is -3.53. The fourth-order valence-corrected chi connectivity index (χ4v) is 2.86. The SMILES string of the molecule is O=c1c2ccccc2nc(/C=C\c2ccccc2F)n1-c1ccccc1. The Morgan fingerprint density at radius 2 is 1.50 bits per heavy atom. The molecular weight excluding hydrogens is 327 g/mol. The molecule has 0 bridgehead atoms. The lowest BCUT2D eigenvalue weighted by atomic mass is 10.2. The van der Waals surface area contributed by atoms with Crippen LogP contribution in [-0.4, -0.2) is 9.55 Å². The zero-order chi connectivity index (χ0) is 17.9. The van der Waals surface area contributed by atoms with E-state index < -0.39 is 0 Å². The molecule has 0 saturated carbocycles. The first-order valence-electron chi connectivity index (χ1n) is 8.24. The molecule has 0 N–H and O–H groups in total. The molecular formula is C22H15FN2O. The van der Waals surface area contributed by atoms with E-state index in [-0.39, 0.29) is 11.4 Å². The highest BCUT2D eigenvalue weighted by atomic mass is 19.1. The molecule has 1 heterocycles. The smallest absolute Gasteiger partial charge is 0.266 e. The van der Waals surface area contributed by atoms with E-state index in [0.717, 1.165) is 0 Å². The predicted octanol–water partition coefficient (Wildman–Crippen LogP) is 4.70. The van der Waals surface area contributed by atoms with E-state index in [4.69, 9.17) is 0 Å². The van der Waals surface area contributed by atoms with Crippen molar-refractivity contribution in [2.75, 3.05) is 0 Å². The van der Waals surface area contributed by atoms with E-state index in [2.05, 4.69) is 4.98 Å². The molecule has 0 aliphatic carbocycles. The maximum Gasteiger partial charge on any atom is 0.266 e. The van der Waals surface area contributed by atoms with Crippen molar-refractivity contribution in [3.8, 4) is 5.69 Å². The van der Waals surface area contributed by atoms with Gasteiger partial charge in [-0.1, -0.05) is 48.5 Å². The number of nitrogens with zero attached hydrogens (tertiary/aromatic N) is 2. The first kappa shape index (κ1) is 16.0. The quantitative estimate of drug-likeness (QED) is 0.541. The van der Waals surface area contributed by atoms with Gasteiger partial charge in [-0.05, 0) is 42.5 Å². The highest BCUT2D eigenvalue weighted by Crippen LogP contribution is 2.16. The third-order valence-corrected chi connectivity index (χ3v) is 4.13. The molecule has 0 radical (unpaired) electrons. The molecule has 0 fully saturated rings. The van der Waals surface area contributed by atoms with Crippen LogP contribution in [0.15, 0.2) is 83.7 Å². The van der Waals surface area contributed by atoms with Gasteiger partial charge in [0.2, 0.25) is 0 Å². The molecule has 4 heteroatoms. The minimum Gasteiger partial charge on any atom is -0.268 e. The third kappa shape index (κ3) is 2.93. The molecule has 1 aromatic heterocycles. The second-order valence-electron chi connectivity index (χ2n) is 5.82. The lowest BCUT2D eigenvalue weighted by molar-refractivity contribution is 0.625. The second kappa shape index (κ2) is 6.76. The lowest BCUT2D eigenvalue weighted by Crippen LogP contribution is -2.22. The molecule has 3 nitrogen and oxygen atoms in total. The van der Waals surface area contributed by atoms with Gasteiger partial charge < -0.3 is 0 Å². The number of rotatable bonds is 3. The zero-order valence-electron chi connectivity index (χ0n) is 13.8. The molecule has 0 saturated heterocycles. The summed E-state index contributed by atoms with van der Waals surface area (Å²) in [7, 11) is 0. The predicted molar refractivity (Wildman–Crippen MR) is 103 cm³/mol. The van der Waals surface area contributed by atoms with Gasteiger partial charge in [-0.15, -0.1) is 0 Å². The summed E-state index contributed by atoms with van der Waals surface area (Å²) in [5.41, 5.74) is 1.60. The first-order chi connectivity index (χ1) is 12.7. The number of hydrogen-bond donors (Lipinski definition) is 0. The fraction of sp³-hybridized carbons (Fsp3) is 0. The van der Waals surface area contributed by atoms with Crippen molar-refractivity contribution < 1.29 is 4.39 Å². The Bertz CT molecular complexity index is 1160. The molecule has 0 atom stereocenters. The Balaban J connectivity index is 1.96. The Morgan fingerprint density at radius 3 is 2.31 bits per heavy atom. The molecule has 4 aromatic rings. The molecule has 0 aliphatic heterocycles. The maximum atomic E-state index is 13.9. The summed E-state index contributed by atoms with van der Waals surface area (Å²) < 4.78 is 15.4. The van der Waals surface area contributed by atoms with Gasteiger partial charge >= 0.3 is 0 Å². The average Bonchev–Trinajstić information content (AvgIpc) is 2.68. The van der Waals surface area contributed by atoms with Crippen LogP contribution in [0.4, 0.5) is 4.39 Å². The summed E-state index contributed by atoms with van der Waals surface area (Å²) in [6, 6.07) is 23.0. The van der Waals surface area contributed by atoms with Crippen molar-refractivity contribution in [3.05, 3.63) is 106 Å². The zero-order valence-corrected chi connectivity index (χ0v) is 13.8. The van der Waals surface area contributed by atoms with Crippen LogP contribution in [0, 0.1) is 5.82 Å². The van der Waals surface area contributed by atoms with Gasteiger partial charge in [-0.2, -0.15) is 0 Å². The summed E-state index contributed by atoms with van der Waals surface area (Å²) in [6.07, 6.45) is 3.30. The van der Waals surface area contributed by atoms with Gasteiger partial charge in [-0.25, -0.2) is 9.37 Å². The van der Waals surface area contributed by atoms with Crippen LogP contribution in [0.25, 0.3) is 28.7 Å². The van der Waals surface area contributed by atoms with Crippen LogP contribution in [0.3, 0.4) is 0 Å². The van der Waals surface area contributed by atoms with Crippen molar-refractivity contribution in [3.63, 3.8) is 0 Å². The van der Waals surface area contributed by atoms with Crippen LogP contribution in [0.1, 0.15) is 11.4 Å². The summed E-state index contributed by atoms with van der Waals surface area (Å²) in [5, 5.41) is 0.541. The number of aromatic nitrogens is 2. The molecule has 3 aromatic carbocycles. The Labute approximate surface area is 149 Å². The first-order valence-corrected chi connectivity index (χ1v) is 8.24. The summed E-state index contributed by atoms with van der Waals surface area (Å²) >= 11 is 0. The second-order valence-corrected chi connectivity index (χ2v) is 5.82. The van der Waals surface area contributed by atoms with Crippen LogP contribution in [0.5, 0.6) is 0 Å². The monoisotopic (exact) mass is 342 g/mol. The lowest BCUT2D eigenvalue weighted by Gasteiger charge is -2.11. The van der Waals surface area contributed by atoms with Gasteiger partial charge in [0, 0.05) is 5.56 Å². The van der Waals surface area contributed by atoms with E-state index in [0.29, 0.717) is 28.0 Å². The van der Waals surface area contributed by atoms with Crippen molar-refractivity contribution in [2.45, 2.75) is 0 Å². The standard InChI is InChI=1S/C22H15FN2O/c23-19-12-6-4-8-16(19)14-15-21-24-20-13-7-5-11-18(20)22(26)25(21)17-9-2-1-3-10-17/h1-15H/b15-14-. The topological polar surface area (TPSA) is 34.9 Å². The molecule has 26 heavy (non-hydrogen) atoms. The minimum atomic E-state index is -0.321. The fourth-order valence-electron chi connectivity index (χ4n) is 2.86. The third-order valence-electron chi connectivity index (χ3n) is 4.13. The van der Waals surface area contributed by atoms with Gasteiger partial charge in [0.1, 0.15) is 11.6 Å². The van der Waals surface area contributed by atoms with E-state index in [1.54, 1.807) is 47.1 Å². The van der Waals surface area contributed by atoms with E-state index >= 15 is 0 Å². The molecule has 0 amide bonds. The van der Waals surface area contributed by atoms with E-state index in [1.165, 1.54) is 6.07 Å². The van der Waals surface area contributed by atoms with E-state index in [9.17, 15) is 9.18 Å². The number of halogens is 1. The maximum absolute atomic E-state index is 13.9. The van der Waals surface area contributed by atoms with Gasteiger partial charge in [0.25, 0.3) is 5.56 Å². The highest BCUT2D eigenvalue weighted by molar-refractivity contribution is 5.80. The van der Waals surface area contributed by atoms with Gasteiger partial charge in [0.15, 0.2) is 0 Å². The van der Waals surface area contributed by atoms with Crippen LogP contribution < -0.4 is 5.56 Å². The molecule has 0 unspecified atom stereocenters. The van der Waals surface area contributed by atoms with Gasteiger partial charge in [-0.3, -0.25) is 9.36 Å². The minimum absolute atomic E-state index is 0.157.